The lowest BCUT2D eigenvalue weighted by Crippen LogP contribution is -2.34. The molecule has 0 radical (unpaired) electrons. The Bertz CT molecular complexity index is 541. The number of nitrogens with zero attached hydrogens (tertiary/aromatic N) is 3. The van der Waals surface area contributed by atoms with Gasteiger partial charge in [-0.05, 0) is 6.42 Å². The number of carbonyl (C=O) groups is 1. The second-order valence-electron chi connectivity index (χ2n) is 3.72. The molecule has 7 heteroatoms. The first-order valence-corrected chi connectivity index (χ1v) is 5.25. The highest BCUT2D eigenvalue weighted by atomic mass is 16.5. The van der Waals surface area contributed by atoms with Crippen molar-refractivity contribution in [2.45, 2.75) is 13.0 Å². The average molecular weight is 249 g/mol. The summed E-state index contributed by atoms with van der Waals surface area (Å²) in [4.78, 5) is 16.0. The van der Waals surface area contributed by atoms with Crippen LogP contribution in [0.4, 0.5) is 10.7 Å². The van der Waals surface area contributed by atoms with Gasteiger partial charge in [0, 0.05) is 12.1 Å². The lowest BCUT2D eigenvalue weighted by molar-refractivity contribution is 0.135. The van der Waals surface area contributed by atoms with Crippen molar-refractivity contribution in [3.63, 3.8) is 0 Å². The molecule has 1 aromatic heterocycles. The molecule has 0 aromatic carbocycles. The average Bonchev–Trinajstić information content (AvgIpc) is 2.72. The smallest absolute Gasteiger partial charge is 0.407 e. The van der Waals surface area contributed by atoms with Crippen molar-refractivity contribution in [1.82, 2.24) is 4.90 Å². The van der Waals surface area contributed by atoms with Gasteiger partial charge in [0.15, 0.2) is 6.40 Å². The van der Waals surface area contributed by atoms with Crippen LogP contribution in [0.5, 0.6) is 0 Å². The van der Waals surface area contributed by atoms with Gasteiger partial charge < -0.3 is 19.2 Å². The summed E-state index contributed by atoms with van der Waals surface area (Å²) >= 11 is 0. The van der Waals surface area contributed by atoms with Gasteiger partial charge in [0.1, 0.15) is 17.4 Å². The highest BCUT2D eigenvalue weighted by Gasteiger charge is 2.28. The van der Waals surface area contributed by atoms with E-state index in [9.17, 15) is 4.79 Å². The van der Waals surface area contributed by atoms with Gasteiger partial charge in [-0.25, -0.2) is 4.79 Å². The molecule has 0 atom stereocenters. The number of amides is 1. The van der Waals surface area contributed by atoms with Gasteiger partial charge in [-0.3, -0.25) is 0 Å². The molecule has 0 saturated heterocycles. The first kappa shape index (κ1) is 12.0. The Labute approximate surface area is 103 Å². The molecule has 2 rings (SSSR count). The summed E-state index contributed by atoms with van der Waals surface area (Å²) in [5.74, 6) is 0.639. The molecule has 0 unspecified atom stereocenters. The number of hydrogen-bond acceptors (Lipinski definition) is 5. The van der Waals surface area contributed by atoms with Gasteiger partial charge in [-0.2, -0.15) is 10.3 Å². The topological polar surface area (TPSA) is 99.1 Å². The molecule has 7 nitrogen and oxygen atoms in total. The van der Waals surface area contributed by atoms with Crippen LogP contribution in [-0.2, 0) is 17.7 Å². The third kappa shape index (κ3) is 2.00. The van der Waals surface area contributed by atoms with Gasteiger partial charge in [-0.15, -0.1) is 0 Å². The number of rotatable bonds is 2. The monoisotopic (exact) mass is 249 g/mol. The molecule has 1 aromatic rings. The molecular weight excluding hydrogens is 238 g/mol. The van der Waals surface area contributed by atoms with Crippen molar-refractivity contribution in [2.75, 3.05) is 13.7 Å². The van der Waals surface area contributed by atoms with Crippen molar-refractivity contribution in [3.8, 4) is 6.07 Å². The number of fused-ring (bicyclic) bond motifs is 1. The SMILES string of the molecule is COC=Nc1oc2c(c1C#N)CCN(C(=O)O)C2. The minimum Gasteiger partial charge on any atom is -0.486 e. The van der Waals surface area contributed by atoms with E-state index in [-0.39, 0.29) is 12.4 Å². The van der Waals surface area contributed by atoms with E-state index in [2.05, 4.69) is 9.73 Å². The number of furan rings is 1. The summed E-state index contributed by atoms with van der Waals surface area (Å²) in [6.45, 7) is 0.492. The van der Waals surface area contributed by atoms with E-state index in [0.717, 1.165) is 5.56 Å². The number of hydrogen-bond donors (Lipinski definition) is 1. The maximum atomic E-state index is 10.9. The second kappa shape index (κ2) is 4.79. The Morgan fingerprint density at radius 1 is 1.72 bits per heavy atom. The molecule has 1 N–H and O–H groups in total. The first-order chi connectivity index (χ1) is 8.67. The van der Waals surface area contributed by atoms with Crippen LogP contribution in [0.1, 0.15) is 16.9 Å². The summed E-state index contributed by atoms with van der Waals surface area (Å²) in [6.07, 6.45) is 0.619. The number of aliphatic imine (C=N–C) groups is 1. The third-order valence-electron chi connectivity index (χ3n) is 2.70. The van der Waals surface area contributed by atoms with Gasteiger partial charge in [0.2, 0.25) is 5.88 Å². The molecular formula is C11H11N3O4. The molecule has 0 fully saturated rings. The summed E-state index contributed by atoms with van der Waals surface area (Å²) in [5, 5.41) is 18.0. The fourth-order valence-electron chi connectivity index (χ4n) is 1.86. The molecule has 0 aliphatic carbocycles. The molecule has 0 bridgehead atoms. The van der Waals surface area contributed by atoms with Crippen molar-refractivity contribution < 1.29 is 19.1 Å². The summed E-state index contributed by atoms with van der Waals surface area (Å²) < 4.78 is 10.1. The maximum Gasteiger partial charge on any atom is 0.407 e. The van der Waals surface area contributed by atoms with Crippen LogP contribution in [0.2, 0.25) is 0 Å². The van der Waals surface area contributed by atoms with Crippen LogP contribution in [0.25, 0.3) is 0 Å². The normalized spacial score (nSPS) is 14.3. The van der Waals surface area contributed by atoms with Gasteiger partial charge in [-0.1, -0.05) is 0 Å². The minimum atomic E-state index is -1.00. The van der Waals surface area contributed by atoms with Crippen LogP contribution < -0.4 is 0 Å². The van der Waals surface area contributed by atoms with Crippen LogP contribution in [-0.4, -0.2) is 36.2 Å². The van der Waals surface area contributed by atoms with Crippen LogP contribution in [0.15, 0.2) is 9.41 Å². The van der Waals surface area contributed by atoms with E-state index < -0.39 is 6.09 Å². The van der Waals surface area contributed by atoms with E-state index >= 15 is 0 Å². The number of carboxylic acid groups (broad SMARTS) is 1. The van der Waals surface area contributed by atoms with Crippen LogP contribution in [0, 0.1) is 11.3 Å². The Balaban J connectivity index is 2.36. The highest BCUT2D eigenvalue weighted by Crippen LogP contribution is 2.32. The molecule has 18 heavy (non-hydrogen) atoms. The van der Waals surface area contributed by atoms with Crippen molar-refractivity contribution in [1.29, 1.82) is 5.26 Å². The Morgan fingerprint density at radius 2 is 2.50 bits per heavy atom. The van der Waals surface area contributed by atoms with Crippen molar-refractivity contribution >= 4 is 18.4 Å². The van der Waals surface area contributed by atoms with Crippen LogP contribution >= 0.6 is 0 Å². The Kier molecular flexibility index (Phi) is 3.19. The minimum absolute atomic E-state index is 0.141. The quantitative estimate of drug-likeness (QED) is 0.632. The largest absolute Gasteiger partial charge is 0.486 e. The van der Waals surface area contributed by atoms with E-state index in [1.165, 1.54) is 18.4 Å². The standard InChI is InChI=1S/C11H11N3O4/c1-17-6-13-10-8(4-12)7-2-3-14(11(15)16)5-9(7)18-10/h6H,2-3,5H2,1H3,(H,15,16). The molecule has 0 saturated carbocycles. The zero-order valence-electron chi connectivity index (χ0n) is 9.71. The predicted molar refractivity (Wildman–Crippen MR) is 60.7 cm³/mol. The lowest BCUT2D eigenvalue weighted by Gasteiger charge is -2.22. The number of methoxy groups -OCH3 is 1. The highest BCUT2D eigenvalue weighted by molar-refractivity contribution is 5.66. The molecule has 1 amide bonds. The fourth-order valence-corrected chi connectivity index (χ4v) is 1.86. The van der Waals surface area contributed by atoms with E-state index in [1.807, 2.05) is 6.07 Å². The zero-order chi connectivity index (χ0) is 13.1. The predicted octanol–water partition coefficient (Wildman–Crippen LogP) is 1.49. The Morgan fingerprint density at radius 3 is 3.11 bits per heavy atom. The van der Waals surface area contributed by atoms with Gasteiger partial charge >= 0.3 is 6.09 Å². The molecule has 1 aliphatic heterocycles. The zero-order valence-corrected chi connectivity index (χ0v) is 9.71. The number of ether oxygens (including phenoxy) is 1. The van der Waals surface area contributed by atoms with E-state index in [1.54, 1.807) is 0 Å². The number of nitriles is 1. The van der Waals surface area contributed by atoms with Crippen molar-refractivity contribution in [3.05, 3.63) is 16.9 Å². The van der Waals surface area contributed by atoms with E-state index in [4.69, 9.17) is 14.8 Å². The molecule has 0 spiro atoms. The maximum absolute atomic E-state index is 10.9. The Hall–Kier alpha value is -2.49. The molecule has 2 heterocycles. The summed E-state index contributed by atoms with van der Waals surface area (Å²) in [7, 11) is 1.44. The molecule has 1 aliphatic rings. The fraction of sp³-hybridized carbons (Fsp3) is 0.364. The second-order valence-corrected chi connectivity index (χ2v) is 3.72. The van der Waals surface area contributed by atoms with Gasteiger partial charge in [0.05, 0.1) is 13.7 Å². The third-order valence-corrected chi connectivity index (χ3v) is 2.70. The summed E-state index contributed by atoms with van der Waals surface area (Å²) in [5.41, 5.74) is 1.08. The summed E-state index contributed by atoms with van der Waals surface area (Å²) in [6, 6.07) is 2.03. The van der Waals surface area contributed by atoms with Crippen molar-refractivity contribution in [2.24, 2.45) is 4.99 Å². The first-order valence-electron chi connectivity index (χ1n) is 5.25. The van der Waals surface area contributed by atoms with Gasteiger partial charge in [0.25, 0.3) is 0 Å². The molecule has 94 valence electrons. The lowest BCUT2D eigenvalue weighted by atomic mass is 10.0. The van der Waals surface area contributed by atoms with E-state index in [0.29, 0.717) is 24.3 Å². The van der Waals surface area contributed by atoms with Crippen LogP contribution in [0.3, 0.4) is 0 Å².